The topological polar surface area (TPSA) is 109 Å². The lowest BCUT2D eigenvalue weighted by Gasteiger charge is -2.17. The molecule has 1 aromatic heterocycles. The van der Waals surface area contributed by atoms with Crippen LogP contribution in [0.5, 0.6) is 5.75 Å². The Kier molecular flexibility index (Phi) is 8.92. The maximum absolute atomic E-state index is 13.5. The molecule has 0 atom stereocenters. The number of amides is 1. The second kappa shape index (κ2) is 13.2. The number of benzene rings is 3. The van der Waals surface area contributed by atoms with Gasteiger partial charge in [0.25, 0.3) is 5.91 Å². The van der Waals surface area contributed by atoms with Gasteiger partial charge in [0.15, 0.2) is 0 Å². The Balaban J connectivity index is 1.25. The number of carboxylic acids is 1. The third-order valence-electron chi connectivity index (χ3n) is 7.97. The van der Waals surface area contributed by atoms with Crippen molar-refractivity contribution in [3.63, 3.8) is 0 Å². The van der Waals surface area contributed by atoms with Crippen molar-refractivity contribution in [3.05, 3.63) is 94.5 Å². The largest absolute Gasteiger partial charge is 0.492 e. The maximum atomic E-state index is 13.5. The molecule has 3 heterocycles. The zero-order valence-corrected chi connectivity index (χ0v) is 25.7. The van der Waals surface area contributed by atoms with E-state index in [4.69, 9.17) is 27.8 Å². The van der Waals surface area contributed by atoms with Crippen molar-refractivity contribution in [2.45, 2.75) is 19.3 Å². The van der Waals surface area contributed by atoms with Crippen LogP contribution in [0.25, 0.3) is 28.1 Å². The van der Waals surface area contributed by atoms with E-state index in [1.807, 2.05) is 42.5 Å². The lowest BCUT2D eigenvalue weighted by Crippen LogP contribution is -2.30. The highest BCUT2D eigenvalue weighted by Crippen LogP contribution is 2.36. The smallest absolute Gasteiger partial charge is 0.335 e. The number of hydrogen-bond donors (Lipinski definition) is 2. The monoisotopic (exact) mass is 624 g/mol. The molecule has 0 saturated carbocycles. The number of thiocarbonyl (C=S) groups is 1. The first kappa shape index (κ1) is 29.8. The van der Waals surface area contributed by atoms with Crippen LogP contribution in [0, 0.1) is 0 Å². The van der Waals surface area contributed by atoms with E-state index in [2.05, 4.69) is 9.88 Å². The zero-order valence-electron chi connectivity index (χ0n) is 24.1. The van der Waals surface area contributed by atoms with Crippen molar-refractivity contribution < 1.29 is 19.4 Å². The van der Waals surface area contributed by atoms with Crippen LogP contribution in [0.3, 0.4) is 0 Å². The van der Waals surface area contributed by atoms with Gasteiger partial charge in [0, 0.05) is 35.9 Å². The lowest BCUT2D eigenvalue weighted by molar-refractivity contribution is -0.122. The fourth-order valence-electron chi connectivity index (χ4n) is 5.50. The van der Waals surface area contributed by atoms with Crippen LogP contribution < -0.4 is 10.5 Å². The number of carboxylic acid groups (broad SMARTS) is 1. The first-order chi connectivity index (χ1) is 21.4. The van der Waals surface area contributed by atoms with Crippen molar-refractivity contribution in [1.82, 2.24) is 14.8 Å². The minimum atomic E-state index is -0.969. The summed E-state index contributed by atoms with van der Waals surface area (Å²) in [6.45, 7) is 4.01. The van der Waals surface area contributed by atoms with Crippen molar-refractivity contribution in [1.29, 1.82) is 0 Å². The average Bonchev–Trinajstić information content (AvgIpc) is 3.64. The first-order valence-electron chi connectivity index (χ1n) is 14.6. The van der Waals surface area contributed by atoms with Gasteiger partial charge >= 0.3 is 5.97 Å². The Bertz CT molecular complexity index is 1770. The number of aromatic carboxylic acids is 1. The van der Waals surface area contributed by atoms with Crippen LogP contribution in [0.4, 0.5) is 5.69 Å². The second-order valence-corrected chi connectivity index (χ2v) is 12.5. The molecule has 1 amide bonds. The molecule has 0 spiro atoms. The summed E-state index contributed by atoms with van der Waals surface area (Å²) >= 11 is 6.88. The Morgan fingerprint density at radius 1 is 1.02 bits per heavy atom. The molecule has 8 nitrogen and oxygen atoms in total. The summed E-state index contributed by atoms with van der Waals surface area (Å²) in [6, 6.07) is 20.5. The van der Waals surface area contributed by atoms with Gasteiger partial charge in [-0.3, -0.25) is 19.6 Å². The highest BCUT2D eigenvalue weighted by Gasteiger charge is 2.32. The summed E-state index contributed by atoms with van der Waals surface area (Å²) < 4.78 is 6.78. The van der Waals surface area contributed by atoms with Gasteiger partial charge in [-0.1, -0.05) is 48.2 Å². The number of aromatic nitrogens is 1. The molecule has 2 aliphatic rings. The number of ether oxygens (including phenoxy) is 1. The van der Waals surface area contributed by atoms with E-state index in [0.717, 1.165) is 52.8 Å². The third kappa shape index (κ3) is 6.62. The molecule has 0 bridgehead atoms. The summed E-state index contributed by atoms with van der Waals surface area (Å²) in [5.41, 5.74) is 11.6. The number of pyridine rings is 1. The van der Waals surface area contributed by atoms with Gasteiger partial charge < -0.3 is 15.6 Å². The van der Waals surface area contributed by atoms with Crippen LogP contribution in [-0.4, -0.2) is 68.9 Å². The van der Waals surface area contributed by atoms with Gasteiger partial charge in [-0.15, -0.1) is 0 Å². The number of rotatable bonds is 10. The van der Waals surface area contributed by atoms with E-state index < -0.39 is 5.97 Å². The van der Waals surface area contributed by atoms with Crippen molar-refractivity contribution in [2.75, 3.05) is 38.5 Å². The molecule has 3 aromatic carbocycles. The van der Waals surface area contributed by atoms with Crippen LogP contribution in [0.2, 0.25) is 0 Å². The molecule has 2 aliphatic heterocycles. The highest BCUT2D eigenvalue weighted by molar-refractivity contribution is 8.26. The molecule has 10 heteroatoms. The van der Waals surface area contributed by atoms with Crippen molar-refractivity contribution >= 4 is 62.8 Å². The summed E-state index contributed by atoms with van der Waals surface area (Å²) in [5.74, 6) is -0.414. The van der Waals surface area contributed by atoms with Gasteiger partial charge in [-0.05, 0) is 97.6 Å². The van der Waals surface area contributed by atoms with Crippen LogP contribution in [0.1, 0.15) is 34.3 Å². The van der Waals surface area contributed by atoms with E-state index in [1.165, 1.54) is 24.6 Å². The summed E-state index contributed by atoms with van der Waals surface area (Å²) in [7, 11) is 0. The molecule has 224 valence electrons. The van der Waals surface area contributed by atoms with Crippen molar-refractivity contribution in [2.24, 2.45) is 0 Å². The maximum Gasteiger partial charge on any atom is 0.335 e. The Morgan fingerprint density at radius 3 is 2.55 bits per heavy atom. The van der Waals surface area contributed by atoms with E-state index >= 15 is 0 Å². The number of nitrogens with two attached hydrogens (primary N) is 1. The standard InChI is InChI=1S/C34H32N4O4S2/c35-28-11-13-36-29-9-7-25(20-27(28)29)24-8-10-30(42-18-17-37-14-1-2-15-37)26(19-24)21-31-32(39)38(34(43)44-31)16-12-22-3-5-23(6-4-22)33(40)41/h3-11,13,19-21H,1-2,12,14-18H2,(H2,35,36)(H,40,41)/b31-21-. The number of anilines is 1. The molecule has 44 heavy (non-hydrogen) atoms. The molecular formula is C34H32N4O4S2. The number of nitrogens with zero attached hydrogens (tertiary/aromatic N) is 3. The first-order valence-corrected chi connectivity index (χ1v) is 15.8. The molecule has 6 rings (SSSR count). The second-order valence-electron chi connectivity index (χ2n) is 10.9. The van der Waals surface area contributed by atoms with Gasteiger partial charge in [-0.2, -0.15) is 0 Å². The lowest BCUT2D eigenvalue weighted by atomic mass is 10.00. The number of nitrogen functional groups attached to an aromatic ring is 1. The summed E-state index contributed by atoms with van der Waals surface area (Å²) in [5, 5.41) is 10.0. The number of hydrogen-bond acceptors (Lipinski definition) is 8. The Labute approximate surface area is 265 Å². The summed E-state index contributed by atoms with van der Waals surface area (Å²) in [6.07, 6.45) is 6.57. The zero-order chi connectivity index (χ0) is 30.6. The molecule has 3 N–H and O–H groups in total. The fraction of sp³-hybridized carbons (Fsp3) is 0.235. The third-order valence-corrected chi connectivity index (χ3v) is 9.35. The van der Waals surface area contributed by atoms with E-state index in [9.17, 15) is 9.59 Å². The highest BCUT2D eigenvalue weighted by atomic mass is 32.2. The van der Waals surface area contributed by atoms with Gasteiger partial charge in [0.05, 0.1) is 16.0 Å². The molecule has 0 radical (unpaired) electrons. The van der Waals surface area contributed by atoms with E-state index in [1.54, 1.807) is 41.4 Å². The number of likely N-dealkylation sites (tertiary alicyclic amines) is 1. The summed E-state index contributed by atoms with van der Waals surface area (Å²) in [4.78, 5) is 33.6. The predicted octanol–water partition coefficient (Wildman–Crippen LogP) is 6.10. The van der Waals surface area contributed by atoms with Crippen LogP contribution in [0.15, 0.2) is 77.8 Å². The quantitative estimate of drug-likeness (QED) is 0.160. The van der Waals surface area contributed by atoms with Crippen LogP contribution >= 0.6 is 24.0 Å². The van der Waals surface area contributed by atoms with E-state index in [-0.39, 0.29) is 11.5 Å². The number of thioether (sulfide) groups is 1. The molecule has 2 saturated heterocycles. The minimum Gasteiger partial charge on any atom is -0.492 e. The van der Waals surface area contributed by atoms with Crippen LogP contribution in [-0.2, 0) is 11.2 Å². The molecule has 0 aliphatic carbocycles. The van der Waals surface area contributed by atoms with Crippen molar-refractivity contribution in [3.8, 4) is 16.9 Å². The minimum absolute atomic E-state index is 0.153. The predicted molar refractivity (Wildman–Crippen MR) is 180 cm³/mol. The normalized spacial score (nSPS) is 16.4. The Hall–Kier alpha value is -4.25. The molecule has 2 fully saturated rings. The van der Waals surface area contributed by atoms with E-state index in [0.29, 0.717) is 40.2 Å². The molecule has 4 aromatic rings. The molecule has 0 unspecified atom stereocenters. The SMILES string of the molecule is Nc1ccnc2ccc(-c3ccc(OCCN4CCCC4)c(/C=C4\SC(=S)N(CCc5ccc(C(=O)O)cc5)C4=O)c3)cc12. The average molecular weight is 625 g/mol. The van der Waals surface area contributed by atoms with Gasteiger partial charge in [-0.25, -0.2) is 4.79 Å². The Morgan fingerprint density at radius 2 is 1.77 bits per heavy atom. The number of carbonyl (C=O) groups is 2. The number of fused-ring (bicyclic) bond motifs is 1. The fourth-order valence-corrected chi connectivity index (χ4v) is 6.80. The van der Waals surface area contributed by atoms with Gasteiger partial charge in [0.2, 0.25) is 0 Å². The molecular weight excluding hydrogens is 593 g/mol. The van der Waals surface area contributed by atoms with Gasteiger partial charge in [0.1, 0.15) is 16.7 Å². The number of carbonyl (C=O) groups excluding carboxylic acids is 1.